The minimum absolute atomic E-state index is 0.285. The Kier molecular flexibility index (Phi) is 7.09. The maximum absolute atomic E-state index is 8.73. The third kappa shape index (κ3) is 5.31. The van der Waals surface area contributed by atoms with Crippen molar-refractivity contribution in [1.82, 2.24) is 5.32 Å². The molecule has 3 heteroatoms. The molecule has 0 aliphatic heterocycles. The summed E-state index contributed by atoms with van der Waals surface area (Å²) in [5, 5.41) is 12.1. The number of nitrogens with one attached hydrogen (secondary N) is 1. The number of rotatable bonds is 8. The largest absolute Gasteiger partial charge is 0.380 e. The highest BCUT2D eigenvalue weighted by molar-refractivity contribution is 5.32. The smallest absolute Gasteiger partial charge is 0.0991 e. The third-order valence-electron chi connectivity index (χ3n) is 2.88. The molecule has 0 amide bonds. The molecule has 0 bridgehead atoms. The van der Waals surface area contributed by atoms with Gasteiger partial charge in [-0.3, -0.25) is 0 Å². The quantitative estimate of drug-likeness (QED) is 0.717. The van der Waals surface area contributed by atoms with Crippen molar-refractivity contribution < 1.29 is 4.74 Å². The molecule has 1 atom stereocenters. The second kappa shape index (κ2) is 8.68. The summed E-state index contributed by atoms with van der Waals surface area (Å²) in [5.74, 6) is 0. The van der Waals surface area contributed by atoms with Crippen molar-refractivity contribution in [3.8, 4) is 6.07 Å². The van der Waals surface area contributed by atoms with Gasteiger partial charge in [0, 0.05) is 19.2 Å². The number of nitriles is 1. The summed E-state index contributed by atoms with van der Waals surface area (Å²) in [7, 11) is 0. The van der Waals surface area contributed by atoms with Crippen molar-refractivity contribution in [1.29, 1.82) is 5.26 Å². The first-order valence-corrected chi connectivity index (χ1v) is 6.59. The van der Waals surface area contributed by atoms with Crippen LogP contribution in [0.15, 0.2) is 24.3 Å². The average molecular weight is 246 g/mol. The third-order valence-corrected chi connectivity index (χ3v) is 2.88. The SMILES string of the molecule is CCCCOCCNC(C)c1ccc(C#N)cc1. The van der Waals surface area contributed by atoms with Gasteiger partial charge >= 0.3 is 0 Å². The summed E-state index contributed by atoms with van der Waals surface area (Å²) < 4.78 is 5.49. The summed E-state index contributed by atoms with van der Waals surface area (Å²) in [6, 6.07) is 10.1. The molecule has 0 spiro atoms. The highest BCUT2D eigenvalue weighted by atomic mass is 16.5. The van der Waals surface area contributed by atoms with Gasteiger partial charge < -0.3 is 10.1 Å². The Hall–Kier alpha value is -1.37. The van der Waals surface area contributed by atoms with Crippen molar-refractivity contribution in [2.75, 3.05) is 19.8 Å². The van der Waals surface area contributed by atoms with E-state index in [1.54, 1.807) is 0 Å². The van der Waals surface area contributed by atoms with Crippen LogP contribution in [-0.2, 0) is 4.74 Å². The van der Waals surface area contributed by atoms with Crippen LogP contribution in [0.25, 0.3) is 0 Å². The van der Waals surface area contributed by atoms with E-state index in [0.717, 1.165) is 26.2 Å². The summed E-state index contributed by atoms with van der Waals surface area (Å²) in [6.07, 6.45) is 2.31. The Bertz CT molecular complexity index is 367. The molecule has 0 fully saturated rings. The lowest BCUT2D eigenvalue weighted by atomic mass is 10.1. The lowest BCUT2D eigenvalue weighted by Crippen LogP contribution is -2.23. The molecule has 0 aromatic heterocycles. The van der Waals surface area contributed by atoms with Crippen LogP contribution < -0.4 is 5.32 Å². The van der Waals surface area contributed by atoms with Gasteiger partial charge in [0.05, 0.1) is 18.2 Å². The van der Waals surface area contributed by atoms with Gasteiger partial charge in [-0.05, 0) is 31.0 Å². The molecular weight excluding hydrogens is 224 g/mol. The van der Waals surface area contributed by atoms with Crippen LogP contribution in [0.1, 0.15) is 43.9 Å². The van der Waals surface area contributed by atoms with E-state index in [1.807, 2.05) is 24.3 Å². The molecule has 3 nitrogen and oxygen atoms in total. The lowest BCUT2D eigenvalue weighted by Gasteiger charge is -2.14. The van der Waals surface area contributed by atoms with Gasteiger partial charge in [0.15, 0.2) is 0 Å². The zero-order valence-corrected chi connectivity index (χ0v) is 11.3. The van der Waals surface area contributed by atoms with E-state index in [1.165, 1.54) is 12.0 Å². The lowest BCUT2D eigenvalue weighted by molar-refractivity contribution is 0.131. The van der Waals surface area contributed by atoms with E-state index in [0.29, 0.717) is 5.56 Å². The number of benzene rings is 1. The van der Waals surface area contributed by atoms with Crippen LogP contribution in [-0.4, -0.2) is 19.8 Å². The second-order valence-corrected chi connectivity index (χ2v) is 4.38. The van der Waals surface area contributed by atoms with Crippen molar-refractivity contribution in [2.24, 2.45) is 0 Å². The van der Waals surface area contributed by atoms with E-state index in [9.17, 15) is 0 Å². The fourth-order valence-electron chi connectivity index (χ4n) is 1.66. The number of hydrogen-bond acceptors (Lipinski definition) is 3. The molecule has 1 rings (SSSR count). The Morgan fingerprint density at radius 2 is 2.00 bits per heavy atom. The molecule has 1 N–H and O–H groups in total. The van der Waals surface area contributed by atoms with Crippen molar-refractivity contribution in [3.63, 3.8) is 0 Å². The Balaban J connectivity index is 2.23. The summed E-state index contributed by atoms with van der Waals surface area (Å²) in [4.78, 5) is 0. The maximum Gasteiger partial charge on any atom is 0.0991 e. The molecule has 1 aromatic carbocycles. The fourth-order valence-corrected chi connectivity index (χ4v) is 1.66. The van der Waals surface area contributed by atoms with Gasteiger partial charge in [-0.2, -0.15) is 5.26 Å². The average Bonchev–Trinajstić information content (AvgIpc) is 2.42. The van der Waals surface area contributed by atoms with Gasteiger partial charge in [-0.25, -0.2) is 0 Å². The standard InChI is InChI=1S/C15H22N2O/c1-3-4-10-18-11-9-17-13(2)15-7-5-14(12-16)6-8-15/h5-8,13,17H,3-4,9-11H2,1-2H3. The molecule has 0 aliphatic rings. The first kappa shape index (κ1) is 14.7. The molecule has 0 radical (unpaired) electrons. The van der Waals surface area contributed by atoms with E-state index in [4.69, 9.17) is 10.00 Å². The molecule has 1 unspecified atom stereocenters. The van der Waals surface area contributed by atoms with Gasteiger partial charge in [0.25, 0.3) is 0 Å². The van der Waals surface area contributed by atoms with Crippen molar-refractivity contribution in [2.45, 2.75) is 32.7 Å². The van der Waals surface area contributed by atoms with Crippen LogP contribution >= 0.6 is 0 Å². The van der Waals surface area contributed by atoms with Crippen LogP contribution in [0, 0.1) is 11.3 Å². The maximum atomic E-state index is 8.73. The predicted octanol–water partition coefficient (Wildman–Crippen LogP) is 3.03. The molecule has 18 heavy (non-hydrogen) atoms. The van der Waals surface area contributed by atoms with E-state index in [-0.39, 0.29) is 6.04 Å². The molecular formula is C15H22N2O. The van der Waals surface area contributed by atoms with Crippen LogP contribution in [0.3, 0.4) is 0 Å². The topological polar surface area (TPSA) is 45.0 Å². The molecule has 1 aromatic rings. The van der Waals surface area contributed by atoms with Gasteiger partial charge in [0.2, 0.25) is 0 Å². The number of nitrogens with zero attached hydrogens (tertiary/aromatic N) is 1. The van der Waals surface area contributed by atoms with Gasteiger partial charge in [-0.15, -0.1) is 0 Å². The molecule has 0 aliphatic carbocycles. The minimum atomic E-state index is 0.285. The minimum Gasteiger partial charge on any atom is -0.380 e. The normalized spacial score (nSPS) is 12.1. The molecule has 98 valence electrons. The highest BCUT2D eigenvalue weighted by Crippen LogP contribution is 2.12. The fraction of sp³-hybridized carbons (Fsp3) is 0.533. The monoisotopic (exact) mass is 246 g/mol. The molecule has 0 saturated carbocycles. The number of hydrogen-bond donors (Lipinski definition) is 1. The van der Waals surface area contributed by atoms with Crippen LogP contribution in [0.4, 0.5) is 0 Å². The second-order valence-electron chi connectivity index (χ2n) is 4.38. The summed E-state index contributed by atoms with van der Waals surface area (Å²) >= 11 is 0. The Labute approximate surface area is 110 Å². The van der Waals surface area contributed by atoms with E-state index in [2.05, 4.69) is 25.2 Å². The molecule has 0 heterocycles. The van der Waals surface area contributed by atoms with Gasteiger partial charge in [0.1, 0.15) is 0 Å². The van der Waals surface area contributed by atoms with Crippen molar-refractivity contribution >= 4 is 0 Å². The first-order valence-electron chi connectivity index (χ1n) is 6.59. The van der Waals surface area contributed by atoms with Crippen molar-refractivity contribution in [3.05, 3.63) is 35.4 Å². The Morgan fingerprint density at radius 1 is 1.28 bits per heavy atom. The van der Waals surface area contributed by atoms with E-state index >= 15 is 0 Å². The van der Waals surface area contributed by atoms with Gasteiger partial charge in [-0.1, -0.05) is 25.5 Å². The van der Waals surface area contributed by atoms with E-state index < -0.39 is 0 Å². The van der Waals surface area contributed by atoms with Crippen LogP contribution in [0.5, 0.6) is 0 Å². The highest BCUT2D eigenvalue weighted by Gasteiger charge is 2.03. The Morgan fingerprint density at radius 3 is 2.61 bits per heavy atom. The molecule has 0 saturated heterocycles. The zero-order chi connectivity index (χ0) is 13.2. The zero-order valence-electron chi connectivity index (χ0n) is 11.3. The summed E-state index contributed by atoms with van der Waals surface area (Å²) in [6.45, 7) is 6.73. The first-order chi connectivity index (χ1) is 8.77. The summed E-state index contributed by atoms with van der Waals surface area (Å²) in [5.41, 5.74) is 1.90. The number of ether oxygens (including phenoxy) is 1. The predicted molar refractivity (Wildman–Crippen MR) is 73.3 cm³/mol. The number of unbranched alkanes of at least 4 members (excludes halogenated alkanes) is 1. The van der Waals surface area contributed by atoms with Crippen LogP contribution in [0.2, 0.25) is 0 Å².